The van der Waals surface area contributed by atoms with E-state index in [0.717, 1.165) is 31.5 Å². The lowest BCUT2D eigenvalue weighted by atomic mass is 9.95. The summed E-state index contributed by atoms with van der Waals surface area (Å²) in [6, 6.07) is 2.42. The minimum atomic E-state index is 0.656. The van der Waals surface area contributed by atoms with Crippen molar-refractivity contribution in [1.29, 1.82) is 5.26 Å². The molecule has 0 aromatic carbocycles. The summed E-state index contributed by atoms with van der Waals surface area (Å²) in [5.41, 5.74) is 2.37. The summed E-state index contributed by atoms with van der Waals surface area (Å²) in [6.45, 7) is 11.2. The predicted octanol–water partition coefficient (Wildman–Crippen LogP) is 3.95. The quantitative estimate of drug-likeness (QED) is 0.720. The molecule has 1 aliphatic rings. The molecule has 0 atom stereocenters. The Balaban J connectivity index is 2.87. The number of hydrogen-bond donors (Lipinski definition) is 0. The van der Waals surface area contributed by atoms with E-state index in [0.29, 0.717) is 11.8 Å². The molecule has 1 aliphatic carbocycles. The van der Waals surface area contributed by atoms with Crippen LogP contribution in [0.5, 0.6) is 0 Å². The Morgan fingerprint density at radius 3 is 2.06 bits per heavy atom. The topological polar surface area (TPSA) is 27.0 Å². The molecule has 2 nitrogen and oxygen atoms in total. The second-order valence-electron chi connectivity index (χ2n) is 5.94. The molecule has 0 aliphatic heterocycles. The van der Waals surface area contributed by atoms with Gasteiger partial charge in [-0.3, -0.25) is 0 Å². The van der Waals surface area contributed by atoms with Crippen LogP contribution in [0, 0.1) is 23.2 Å². The van der Waals surface area contributed by atoms with Crippen molar-refractivity contribution in [2.45, 2.75) is 53.4 Å². The Morgan fingerprint density at radius 1 is 1.06 bits per heavy atom. The molecule has 0 saturated carbocycles. The molecule has 0 spiro atoms. The smallest absolute Gasteiger partial charge is 0.0965 e. The van der Waals surface area contributed by atoms with Gasteiger partial charge in [-0.25, -0.2) is 0 Å². The van der Waals surface area contributed by atoms with Gasteiger partial charge in [0.25, 0.3) is 0 Å². The molecule has 0 bridgehead atoms. The molecule has 96 valence electrons. The van der Waals surface area contributed by atoms with E-state index in [-0.39, 0.29) is 0 Å². The lowest BCUT2D eigenvalue weighted by molar-refractivity contribution is 0.258. The molecule has 17 heavy (non-hydrogen) atoms. The maximum atomic E-state index is 9.24. The van der Waals surface area contributed by atoms with Crippen LogP contribution in [0.4, 0.5) is 0 Å². The summed E-state index contributed by atoms with van der Waals surface area (Å²) < 4.78 is 0. The summed E-state index contributed by atoms with van der Waals surface area (Å²) in [4.78, 5) is 2.47. The number of allylic oxidation sites excluding steroid dienone is 2. The van der Waals surface area contributed by atoms with Gasteiger partial charge in [0.1, 0.15) is 0 Å². The van der Waals surface area contributed by atoms with Crippen molar-refractivity contribution in [2.75, 3.05) is 13.1 Å². The van der Waals surface area contributed by atoms with E-state index in [1.165, 1.54) is 18.5 Å². The lowest BCUT2D eigenvalue weighted by Crippen LogP contribution is -2.32. The SMILES string of the molecule is CC(C)CN(CC(C)C)C1=C(C#N)CCCC1. The predicted molar refractivity (Wildman–Crippen MR) is 72.4 cm³/mol. The molecule has 0 aromatic rings. The van der Waals surface area contributed by atoms with Gasteiger partial charge in [-0.05, 0) is 37.5 Å². The van der Waals surface area contributed by atoms with Crippen LogP contribution in [0.25, 0.3) is 0 Å². The molecule has 0 unspecified atom stereocenters. The van der Waals surface area contributed by atoms with Crippen LogP contribution in [-0.4, -0.2) is 18.0 Å². The highest BCUT2D eigenvalue weighted by atomic mass is 15.1. The first-order valence-electron chi connectivity index (χ1n) is 6.91. The van der Waals surface area contributed by atoms with Crippen LogP contribution < -0.4 is 0 Å². The fourth-order valence-corrected chi connectivity index (χ4v) is 2.54. The molecule has 2 heteroatoms. The van der Waals surface area contributed by atoms with E-state index in [1.807, 2.05) is 0 Å². The number of nitrogens with zero attached hydrogens (tertiary/aromatic N) is 2. The Hall–Kier alpha value is -0.970. The van der Waals surface area contributed by atoms with Gasteiger partial charge in [-0.15, -0.1) is 0 Å². The van der Waals surface area contributed by atoms with Crippen molar-refractivity contribution in [2.24, 2.45) is 11.8 Å². The normalized spacial score (nSPS) is 16.5. The second-order valence-corrected chi connectivity index (χ2v) is 5.94. The summed E-state index contributed by atoms with van der Waals surface area (Å²) in [5, 5.41) is 9.24. The fraction of sp³-hybridized carbons (Fsp3) is 0.800. The molecular weight excluding hydrogens is 208 g/mol. The van der Waals surface area contributed by atoms with Crippen LogP contribution in [0.3, 0.4) is 0 Å². The summed E-state index contributed by atoms with van der Waals surface area (Å²) >= 11 is 0. The van der Waals surface area contributed by atoms with Crippen molar-refractivity contribution in [3.63, 3.8) is 0 Å². The first-order valence-corrected chi connectivity index (χ1v) is 6.91. The fourth-order valence-electron chi connectivity index (χ4n) is 2.54. The standard InChI is InChI=1S/C15H26N2/c1-12(2)10-17(11-13(3)4)15-8-6-5-7-14(15)9-16/h12-13H,5-8,10-11H2,1-4H3. The number of nitriles is 1. The Bertz CT molecular complexity index is 297. The van der Waals surface area contributed by atoms with E-state index in [1.54, 1.807) is 0 Å². The van der Waals surface area contributed by atoms with Gasteiger partial charge in [0.05, 0.1) is 6.07 Å². The van der Waals surface area contributed by atoms with Gasteiger partial charge < -0.3 is 4.90 Å². The highest BCUT2D eigenvalue weighted by Crippen LogP contribution is 2.28. The first-order chi connectivity index (χ1) is 8.04. The highest BCUT2D eigenvalue weighted by molar-refractivity contribution is 5.29. The van der Waals surface area contributed by atoms with Crippen LogP contribution in [0.2, 0.25) is 0 Å². The molecule has 0 amide bonds. The van der Waals surface area contributed by atoms with E-state index in [2.05, 4.69) is 38.7 Å². The lowest BCUT2D eigenvalue weighted by Gasteiger charge is -2.33. The van der Waals surface area contributed by atoms with E-state index < -0.39 is 0 Å². The van der Waals surface area contributed by atoms with Crippen LogP contribution >= 0.6 is 0 Å². The maximum Gasteiger partial charge on any atom is 0.0965 e. The third-order valence-electron chi connectivity index (χ3n) is 3.13. The molecule has 0 N–H and O–H groups in total. The molecule has 0 radical (unpaired) electrons. The van der Waals surface area contributed by atoms with Gasteiger partial charge in [-0.1, -0.05) is 27.7 Å². The van der Waals surface area contributed by atoms with Crippen molar-refractivity contribution in [3.05, 3.63) is 11.3 Å². The van der Waals surface area contributed by atoms with Gasteiger partial charge >= 0.3 is 0 Å². The Morgan fingerprint density at radius 2 is 1.59 bits per heavy atom. The van der Waals surface area contributed by atoms with Gasteiger partial charge in [0.2, 0.25) is 0 Å². The zero-order valence-corrected chi connectivity index (χ0v) is 11.8. The highest BCUT2D eigenvalue weighted by Gasteiger charge is 2.19. The molecule has 0 heterocycles. The van der Waals surface area contributed by atoms with E-state index in [9.17, 15) is 5.26 Å². The summed E-state index contributed by atoms with van der Waals surface area (Å²) in [7, 11) is 0. The summed E-state index contributed by atoms with van der Waals surface area (Å²) in [6.07, 6.45) is 4.51. The largest absolute Gasteiger partial charge is 0.374 e. The van der Waals surface area contributed by atoms with Gasteiger partial charge in [0.15, 0.2) is 0 Å². The van der Waals surface area contributed by atoms with Crippen LogP contribution in [-0.2, 0) is 0 Å². The number of hydrogen-bond acceptors (Lipinski definition) is 2. The Kier molecular flexibility index (Phi) is 5.55. The number of rotatable bonds is 5. The molecule has 0 saturated heterocycles. The minimum Gasteiger partial charge on any atom is -0.374 e. The molecular formula is C15H26N2. The van der Waals surface area contributed by atoms with Crippen molar-refractivity contribution >= 4 is 0 Å². The maximum absolute atomic E-state index is 9.24. The van der Waals surface area contributed by atoms with E-state index >= 15 is 0 Å². The van der Waals surface area contributed by atoms with Gasteiger partial charge in [0, 0.05) is 24.4 Å². The minimum absolute atomic E-state index is 0.656. The zero-order valence-electron chi connectivity index (χ0n) is 11.8. The first kappa shape index (κ1) is 14.1. The van der Waals surface area contributed by atoms with E-state index in [4.69, 9.17) is 0 Å². The zero-order chi connectivity index (χ0) is 12.8. The average molecular weight is 234 g/mol. The molecule has 1 rings (SSSR count). The third-order valence-corrected chi connectivity index (χ3v) is 3.13. The molecule has 0 aromatic heterocycles. The van der Waals surface area contributed by atoms with Crippen molar-refractivity contribution < 1.29 is 0 Å². The van der Waals surface area contributed by atoms with Crippen LogP contribution in [0.1, 0.15) is 53.4 Å². The summed E-state index contributed by atoms with van der Waals surface area (Å²) in [5.74, 6) is 1.31. The third kappa shape index (κ3) is 4.42. The average Bonchev–Trinajstić information content (AvgIpc) is 2.27. The van der Waals surface area contributed by atoms with Crippen molar-refractivity contribution in [3.8, 4) is 6.07 Å². The van der Waals surface area contributed by atoms with Crippen molar-refractivity contribution in [1.82, 2.24) is 4.90 Å². The Labute approximate surface area is 106 Å². The monoisotopic (exact) mass is 234 g/mol. The molecule has 0 fully saturated rings. The van der Waals surface area contributed by atoms with Gasteiger partial charge in [-0.2, -0.15) is 5.26 Å². The second kappa shape index (κ2) is 6.69. The van der Waals surface area contributed by atoms with Crippen LogP contribution in [0.15, 0.2) is 11.3 Å².